The Bertz CT molecular complexity index is 826. The molecule has 0 radical (unpaired) electrons. The van der Waals surface area contributed by atoms with Gasteiger partial charge >= 0.3 is 5.97 Å². The van der Waals surface area contributed by atoms with Crippen molar-refractivity contribution in [1.29, 1.82) is 0 Å². The number of carbonyl (C=O) groups is 3. The Balaban J connectivity index is 1.60. The monoisotopic (exact) mass is 381 g/mol. The second kappa shape index (κ2) is 9.12. The Labute approximate surface area is 163 Å². The molecule has 28 heavy (non-hydrogen) atoms. The Morgan fingerprint density at radius 3 is 2.64 bits per heavy atom. The van der Waals surface area contributed by atoms with Crippen molar-refractivity contribution < 1.29 is 19.1 Å². The first-order chi connectivity index (χ1) is 13.6. The van der Waals surface area contributed by atoms with Crippen molar-refractivity contribution in [3.63, 3.8) is 0 Å². The van der Waals surface area contributed by atoms with Crippen LogP contribution < -0.4 is 5.32 Å². The van der Waals surface area contributed by atoms with Gasteiger partial charge in [0.2, 0.25) is 11.8 Å². The second-order valence-corrected chi connectivity index (χ2v) is 6.70. The Morgan fingerprint density at radius 1 is 1.21 bits per heavy atom. The fourth-order valence-electron chi connectivity index (χ4n) is 3.25. The lowest BCUT2D eigenvalue weighted by molar-refractivity contribution is -0.145. The molecule has 0 bridgehead atoms. The number of nitrogens with zero attached hydrogens (tertiary/aromatic N) is 2. The summed E-state index contributed by atoms with van der Waals surface area (Å²) in [6.45, 7) is 0.904. The number of ether oxygens (including phenoxy) is 1. The molecule has 1 saturated heterocycles. The fraction of sp³-hybridized carbons (Fsp3) is 0.333. The van der Waals surface area contributed by atoms with E-state index >= 15 is 0 Å². The first kappa shape index (κ1) is 19.5. The summed E-state index contributed by atoms with van der Waals surface area (Å²) in [4.78, 5) is 42.9. The third-order valence-electron chi connectivity index (χ3n) is 4.81. The van der Waals surface area contributed by atoms with Crippen molar-refractivity contribution in [3.05, 3.63) is 66.0 Å². The summed E-state index contributed by atoms with van der Waals surface area (Å²) < 4.78 is 4.79. The number of hydrogen-bond acceptors (Lipinski definition) is 5. The number of pyridine rings is 1. The highest BCUT2D eigenvalue weighted by Gasteiger charge is 2.36. The summed E-state index contributed by atoms with van der Waals surface area (Å²) in [5.74, 6) is -1.50. The second-order valence-electron chi connectivity index (χ2n) is 6.70. The molecule has 7 nitrogen and oxygen atoms in total. The van der Waals surface area contributed by atoms with Crippen LogP contribution in [0.4, 0.5) is 0 Å². The first-order valence-corrected chi connectivity index (χ1v) is 9.19. The number of nitrogens with one attached hydrogen (secondary N) is 1. The zero-order chi connectivity index (χ0) is 19.9. The lowest BCUT2D eigenvalue weighted by Crippen LogP contribution is -2.39. The van der Waals surface area contributed by atoms with Gasteiger partial charge in [-0.1, -0.05) is 36.4 Å². The Kier molecular flexibility index (Phi) is 6.37. The zero-order valence-electron chi connectivity index (χ0n) is 15.7. The van der Waals surface area contributed by atoms with Crippen molar-refractivity contribution in [2.75, 3.05) is 20.2 Å². The van der Waals surface area contributed by atoms with Crippen LogP contribution in [0.5, 0.6) is 0 Å². The van der Waals surface area contributed by atoms with Crippen molar-refractivity contribution in [2.45, 2.75) is 18.9 Å². The minimum absolute atomic E-state index is 0.0523. The van der Waals surface area contributed by atoms with E-state index in [1.807, 2.05) is 30.3 Å². The molecule has 0 saturated carbocycles. The molecule has 1 aromatic carbocycles. The van der Waals surface area contributed by atoms with E-state index in [9.17, 15) is 14.4 Å². The number of likely N-dealkylation sites (tertiary alicyclic amines) is 1. The Morgan fingerprint density at radius 2 is 1.96 bits per heavy atom. The van der Waals surface area contributed by atoms with Gasteiger partial charge in [-0.15, -0.1) is 0 Å². The lowest BCUT2D eigenvalue weighted by Gasteiger charge is -2.19. The largest absolute Gasteiger partial charge is 0.467 e. The van der Waals surface area contributed by atoms with Gasteiger partial charge in [0.1, 0.15) is 0 Å². The Hall–Kier alpha value is -3.22. The SMILES string of the molecule is COC(=O)[C@@H](NC(=O)[C@H]1CC(=O)N(CCc2ccccc2)C1)c1ccccn1. The molecule has 0 aliphatic carbocycles. The molecule has 2 atom stereocenters. The smallest absolute Gasteiger partial charge is 0.334 e. The van der Waals surface area contributed by atoms with Crippen molar-refractivity contribution in [2.24, 2.45) is 5.92 Å². The molecule has 1 N–H and O–H groups in total. The number of hydrogen-bond donors (Lipinski definition) is 1. The van der Waals surface area contributed by atoms with Crippen LogP contribution in [0.15, 0.2) is 54.7 Å². The fourth-order valence-corrected chi connectivity index (χ4v) is 3.25. The van der Waals surface area contributed by atoms with E-state index in [1.54, 1.807) is 29.3 Å². The topological polar surface area (TPSA) is 88.6 Å². The molecular weight excluding hydrogens is 358 g/mol. The van der Waals surface area contributed by atoms with E-state index in [0.717, 1.165) is 12.0 Å². The minimum atomic E-state index is -0.993. The number of esters is 1. The van der Waals surface area contributed by atoms with Crippen LogP contribution in [-0.2, 0) is 25.5 Å². The van der Waals surface area contributed by atoms with Crippen LogP contribution in [0.25, 0.3) is 0 Å². The molecule has 3 rings (SSSR count). The molecule has 1 aromatic heterocycles. The quantitative estimate of drug-likeness (QED) is 0.735. The van der Waals surface area contributed by atoms with Crippen LogP contribution in [0.2, 0.25) is 0 Å². The summed E-state index contributed by atoms with van der Waals surface area (Å²) in [6, 6.07) is 14.0. The number of carbonyl (C=O) groups excluding carboxylic acids is 3. The van der Waals surface area contributed by atoms with Crippen LogP contribution >= 0.6 is 0 Å². The number of aromatic nitrogens is 1. The molecule has 1 fully saturated rings. The van der Waals surface area contributed by atoms with Crippen LogP contribution in [0, 0.1) is 5.92 Å². The summed E-state index contributed by atoms with van der Waals surface area (Å²) in [6.07, 6.45) is 2.41. The highest BCUT2D eigenvalue weighted by molar-refractivity contribution is 5.91. The number of benzene rings is 1. The highest BCUT2D eigenvalue weighted by atomic mass is 16.5. The molecule has 0 spiro atoms. The molecular formula is C21H23N3O4. The third-order valence-corrected chi connectivity index (χ3v) is 4.81. The van der Waals surface area contributed by atoms with Gasteiger partial charge in [-0.25, -0.2) is 4.79 Å². The van der Waals surface area contributed by atoms with E-state index in [4.69, 9.17) is 4.74 Å². The zero-order valence-corrected chi connectivity index (χ0v) is 15.7. The standard InChI is InChI=1S/C21H23N3O4/c1-28-21(27)19(17-9-5-6-11-22-17)23-20(26)16-13-18(25)24(14-16)12-10-15-7-3-2-4-8-15/h2-9,11,16,19H,10,12-14H2,1H3,(H,23,26)/t16-,19-/m0/s1. The van der Waals surface area contributed by atoms with Crippen LogP contribution in [0.3, 0.4) is 0 Å². The molecule has 7 heteroatoms. The van der Waals surface area contributed by atoms with Gasteiger partial charge in [-0.2, -0.15) is 0 Å². The lowest BCUT2D eigenvalue weighted by atomic mass is 10.1. The highest BCUT2D eigenvalue weighted by Crippen LogP contribution is 2.20. The number of rotatable bonds is 7. The minimum Gasteiger partial charge on any atom is -0.467 e. The van der Waals surface area contributed by atoms with Crippen molar-refractivity contribution in [1.82, 2.24) is 15.2 Å². The molecule has 146 valence electrons. The molecule has 1 aliphatic heterocycles. The summed E-state index contributed by atoms with van der Waals surface area (Å²) in [7, 11) is 1.26. The first-order valence-electron chi connectivity index (χ1n) is 9.19. The van der Waals surface area contributed by atoms with Crippen molar-refractivity contribution >= 4 is 17.8 Å². The van der Waals surface area contributed by atoms with E-state index in [-0.39, 0.29) is 18.2 Å². The maximum Gasteiger partial charge on any atom is 0.334 e. The van der Waals surface area contributed by atoms with Gasteiger partial charge in [0.25, 0.3) is 0 Å². The van der Waals surface area contributed by atoms with E-state index < -0.39 is 17.9 Å². The van der Waals surface area contributed by atoms with E-state index in [1.165, 1.54) is 7.11 Å². The van der Waals surface area contributed by atoms with Crippen LogP contribution in [-0.4, -0.2) is 47.9 Å². The van der Waals surface area contributed by atoms with E-state index in [0.29, 0.717) is 18.8 Å². The van der Waals surface area contributed by atoms with Gasteiger partial charge in [-0.3, -0.25) is 14.6 Å². The molecule has 0 unspecified atom stereocenters. The molecule has 2 amide bonds. The predicted octanol–water partition coefficient (Wildman–Crippen LogP) is 1.50. The van der Waals surface area contributed by atoms with Gasteiger partial charge in [-0.05, 0) is 24.1 Å². The average Bonchev–Trinajstić information content (AvgIpc) is 3.12. The summed E-state index contributed by atoms with van der Waals surface area (Å²) in [5, 5.41) is 2.69. The maximum absolute atomic E-state index is 12.7. The van der Waals surface area contributed by atoms with Gasteiger partial charge in [0.15, 0.2) is 6.04 Å². The number of methoxy groups -OCH3 is 1. The third kappa shape index (κ3) is 4.73. The maximum atomic E-state index is 12.7. The van der Waals surface area contributed by atoms with E-state index in [2.05, 4.69) is 10.3 Å². The van der Waals surface area contributed by atoms with Gasteiger partial charge in [0, 0.05) is 25.7 Å². The molecule has 2 aromatic rings. The van der Waals surface area contributed by atoms with Crippen molar-refractivity contribution in [3.8, 4) is 0 Å². The van der Waals surface area contributed by atoms with Crippen LogP contribution in [0.1, 0.15) is 23.7 Å². The molecule has 2 heterocycles. The average molecular weight is 381 g/mol. The number of amides is 2. The molecule has 1 aliphatic rings. The predicted molar refractivity (Wildman–Crippen MR) is 102 cm³/mol. The summed E-state index contributed by atoms with van der Waals surface area (Å²) in [5.41, 5.74) is 1.54. The summed E-state index contributed by atoms with van der Waals surface area (Å²) >= 11 is 0. The normalized spacial score (nSPS) is 17.2. The van der Waals surface area contributed by atoms with Gasteiger partial charge < -0.3 is 15.0 Å². The van der Waals surface area contributed by atoms with Gasteiger partial charge in [0.05, 0.1) is 18.7 Å².